The Morgan fingerprint density at radius 2 is 1.94 bits per heavy atom. The van der Waals surface area contributed by atoms with Gasteiger partial charge < -0.3 is 0 Å². The van der Waals surface area contributed by atoms with E-state index in [9.17, 15) is 4.79 Å². The molecular formula is C13H8N2O. The third kappa shape index (κ3) is 1.26. The zero-order valence-electron chi connectivity index (χ0n) is 8.42. The van der Waals surface area contributed by atoms with Crippen LogP contribution >= 0.6 is 0 Å². The van der Waals surface area contributed by atoms with Crippen LogP contribution in [0.1, 0.15) is 10.4 Å². The second kappa shape index (κ2) is 3.38. The van der Waals surface area contributed by atoms with E-state index in [1.165, 1.54) is 0 Å². The van der Waals surface area contributed by atoms with Crippen LogP contribution in [0.25, 0.3) is 21.9 Å². The molecule has 0 fully saturated rings. The minimum Gasteiger partial charge on any atom is -0.298 e. The molecule has 0 saturated heterocycles. The maximum atomic E-state index is 10.9. The summed E-state index contributed by atoms with van der Waals surface area (Å²) in [5.74, 6) is 0. The molecule has 1 aromatic carbocycles. The van der Waals surface area contributed by atoms with Crippen molar-refractivity contribution >= 4 is 28.2 Å². The number of hydrogen-bond acceptors (Lipinski definition) is 3. The third-order valence-electron chi connectivity index (χ3n) is 2.57. The van der Waals surface area contributed by atoms with Gasteiger partial charge >= 0.3 is 0 Å². The van der Waals surface area contributed by atoms with Gasteiger partial charge in [0.25, 0.3) is 0 Å². The van der Waals surface area contributed by atoms with Crippen LogP contribution in [0.4, 0.5) is 0 Å². The molecule has 3 heteroatoms. The summed E-state index contributed by atoms with van der Waals surface area (Å²) in [7, 11) is 0. The van der Waals surface area contributed by atoms with Gasteiger partial charge in [-0.15, -0.1) is 0 Å². The smallest absolute Gasteiger partial charge is 0.159 e. The van der Waals surface area contributed by atoms with Crippen molar-refractivity contribution in [3.63, 3.8) is 0 Å². The minimum absolute atomic E-state index is 0.602. The summed E-state index contributed by atoms with van der Waals surface area (Å²) in [4.78, 5) is 19.5. The van der Waals surface area contributed by atoms with Gasteiger partial charge in [-0.05, 0) is 24.3 Å². The Kier molecular flexibility index (Phi) is 1.90. The molecule has 0 unspecified atom stereocenters. The molecule has 76 valence electrons. The highest BCUT2D eigenvalue weighted by atomic mass is 16.1. The lowest BCUT2D eigenvalue weighted by Gasteiger charge is -2.02. The summed E-state index contributed by atoms with van der Waals surface area (Å²) >= 11 is 0. The van der Waals surface area contributed by atoms with Crippen molar-refractivity contribution in [3.05, 3.63) is 48.2 Å². The van der Waals surface area contributed by atoms with Crippen LogP contribution in [0, 0.1) is 0 Å². The summed E-state index contributed by atoms with van der Waals surface area (Å²) in [6.07, 6.45) is 2.52. The Bertz CT molecular complexity index is 692. The number of rotatable bonds is 1. The van der Waals surface area contributed by atoms with Crippen LogP contribution in [-0.4, -0.2) is 16.3 Å². The molecule has 0 atom stereocenters. The van der Waals surface area contributed by atoms with Crippen LogP contribution in [0.15, 0.2) is 42.6 Å². The first-order valence-corrected chi connectivity index (χ1v) is 4.98. The van der Waals surface area contributed by atoms with E-state index >= 15 is 0 Å². The van der Waals surface area contributed by atoms with Crippen molar-refractivity contribution < 1.29 is 4.79 Å². The van der Waals surface area contributed by atoms with Crippen molar-refractivity contribution in [2.45, 2.75) is 0 Å². The Labute approximate surface area is 91.8 Å². The van der Waals surface area contributed by atoms with Crippen molar-refractivity contribution in [3.8, 4) is 0 Å². The molecule has 0 spiro atoms. The molecule has 3 aromatic rings. The number of hydrogen-bond donors (Lipinski definition) is 0. The molecule has 0 N–H and O–H groups in total. The number of carbonyl (C=O) groups excluding carboxylic acids is 1. The lowest BCUT2D eigenvalue weighted by Crippen LogP contribution is -1.89. The van der Waals surface area contributed by atoms with E-state index in [-0.39, 0.29) is 0 Å². The predicted molar refractivity (Wildman–Crippen MR) is 62.4 cm³/mol. The maximum Gasteiger partial charge on any atom is 0.159 e. The van der Waals surface area contributed by atoms with Crippen molar-refractivity contribution in [2.75, 3.05) is 0 Å². The second-order valence-corrected chi connectivity index (χ2v) is 3.58. The predicted octanol–water partition coefficient (Wildman–Crippen LogP) is 2.60. The molecule has 0 aliphatic rings. The van der Waals surface area contributed by atoms with Crippen molar-refractivity contribution in [1.29, 1.82) is 0 Å². The molecule has 16 heavy (non-hydrogen) atoms. The van der Waals surface area contributed by atoms with E-state index < -0.39 is 0 Å². The number of aldehydes is 1. The van der Waals surface area contributed by atoms with E-state index in [1.54, 1.807) is 12.3 Å². The van der Waals surface area contributed by atoms with E-state index in [4.69, 9.17) is 0 Å². The first kappa shape index (κ1) is 8.97. The zero-order valence-corrected chi connectivity index (χ0v) is 8.42. The second-order valence-electron chi connectivity index (χ2n) is 3.58. The lowest BCUT2D eigenvalue weighted by atomic mass is 10.1. The van der Waals surface area contributed by atoms with Gasteiger partial charge in [-0.2, -0.15) is 0 Å². The number of benzene rings is 1. The summed E-state index contributed by atoms with van der Waals surface area (Å²) in [5, 5.41) is 1.95. The molecular weight excluding hydrogens is 200 g/mol. The lowest BCUT2D eigenvalue weighted by molar-refractivity contribution is 0.112. The number of para-hydroxylation sites is 1. The van der Waals surface area contributed by atoms with Crippen LogP contribution in [0.5, 0.6) is 0 Å². The SMILES string of the molecule is O=Cc1cccc2cc3cccnc3nc12. The Morgan fingerprint density at radius 1 is 1.06 bits per heavy atom. The first-order chi connectivity index (χ1) is 7.88. The van der Waals surface area contributed by atoms with Crippen LogP contribution in [0.2, 0.25) is 0 Å². The van der Waals surface area contributed by atoms with Gasteiger partial charge in [0, 0.05) is 22.5 Å². The largest absolute Gasteiger partial charge is 0.298 e. The maximum absolute atomic E-state index is 10.9. The van der Waals surface area contributed by atoms with E-state index in [0.717, 1.165) is 17.1 Å². The van der Waals surface area contributed by atoms with E-state index in [0.29, 0.717) is 16.7 Å². The average Bonchev–Trinajstić information content (AvgIpc) is 2.35. The molecule has 0 saturated carbocycles. The Hall–Kier alpha value is -2.29. The first-order valence-electron chi connectivity index (χ1n) is 4.98. The van der Waals surface area contributed by atoms with Gasteiger partial charge in [-0.25, -0.2) is 9.97 Å². The molecule has 0 aliphatic carbocycles. The van der Waals surface area contributed by atoms with Crippen LogP contribution < -0.4 is 0 Å². The van der Waals surface area contributed by atoms with Gasteiger partial charge in [0.05, 0.1) is 5.52 Å². The number of carbonyl (C=O) groups is 1. The molecule has 2 aromatic heterocycles. The summed E-state index contributed by atoms with van der Waals surface area (Å²) in [5.41, 5.74) is 1.98. The fraction of sp³-hybridized carbons (Fsp3) is 0. The minimum atomic E-state index is 0.602. The fourth-order valence-corrected chi connectivity index (χ4v) is 1.81. The van der Waals surface area contributed by atoms with Crippen LogP contribution in [0.3, 0.4) is 0 Å². The summed E-state index contributed by atoms with van der Waals surface area (Å²) in [6, 6.07) is 11.4. The molecule has 3 rings (SSSR count). The number of fused-ring (bicyclic) bond motifs is 2. The number of aromatic nitrogens is 2. The van der Waals surface area contributed by atoms with Gasteiger partial charge in [-0.3, -0.25) is 4.79 Å². The fourth-order valence-electron chi connectivity index (χ4n) is 1.81. The molecule has 0 radical (unpaired) electrons. The Morgan fingerprint density at radius 3 is 2.81 bits per heavy atom. The van der Waals surface area contributed by atoms with Crippen molar-refractivity contribution in [1.82, 2.24) is 9.97 Å². The van der Waals surface area contributed by atoms with Gasteiger partial charge in [0.1, 0.15) is 0 Å². The molecule has 0 aliphatic heterocycles. The highest BCUT2D eigenvalue weighted by molar-refractivity contribution is 5.99. The molecule has 2 heterocycles. The highest BCUT2D eigenvalue weighted by Gasteiger charge is 2.03. The normalized spacial score (nSPS) is 10.8. The van der Waals surface area contributed by atoms with Crippen molar-refractivity contribution in [2.24, 2.45) is 0 Å². The summed E-state index contributed by atoms with van der Waals surface area (Å²) in [6.45, 7) is 0. The zero-order chi connectivity index (χ0) is 11.0. The van der Waals surface area contributed by atoms with Gasteiger partial charge in [0.15, 0.2) is 11.9 Å². The number of pyridine rings is 2. The average molecular weight is 208 g/mol. The molecule has 0 bridgehead atoms. The number of nitrogens with zero attached hydrogens (tertiary/aromatic N) is 2. The van der Waals surface area contributed by atoms with Crippen LogP contribution in [-0.2, 0) is 0 Å². The topological polar surface area (TPSA) is 42.9 Å². The van der Waals surface area contributed by atoms with E-state index in [1.807, 2.05) is 30.3 Å². The highest BCUT2D eigenvalue weighted by Crippen LogP contribution is 2.20. The molecule has 0 amide bonds. The monoisotopic (exact) mass is 208 g/mol. The summed E-state index contributed by atoms with van der Waals surface area (Å²) < 4.78 is 0. The van der Waals surface area contributed by atoms with Gasteiger partial charge in [0.2, 0.25) is 0 Å². The molecule has 3 nitrogen and oxygen atoms in total. The third-order valence-corrected chi connectivity index (χ3v) is 2.57. The van der Waals surface area contributed by atoms with Gasteiger partial charge in [-0.1, -0.05) is 12.1 Å². The Balaban J connectivity index is 2.51. The quantitative estimate of drug-likeness (QED) is 0.456. The standard InChI is InChI=1S/C13H8N2O/c16-8-11-4-1-3-9-7-10-5-2-6-14-13(10)15-12(9)11/h1-8H. The van der Waals surface area contributed by atoms with E-state index in [2.05, 4.69) is 9.97 Å².